The lowest BCUT2D eigenvalue weighted by Crippen LogP contribution is -2.33. The van der Waals surface area contributed by atoms with Crippen molar-refractivity contribution in [2.24, 2.45) is 15.5 Å². The highest BCUT2D eigenvalue weighted by Gasteiger charge is 2.29. The first-order valence-electron chi connectivity index (χ1n) is 9.57. The average molecular weight is 494 g/mol. The third-order valence-corrected chi connectivity index (χ3v) is 2.45. The Morgan fingerprint density at radius 3 is 1.15 bits per heavy atom. The van der Waals surface area contributed by atoms with E-state index in [0.29, 0.717) is 17.1 Å². The van der Waals surface area contributed by atoms with Gasteiger partial charge in [-0.25, -0.2) is 14.4 Å². The number of rotatable bonds is 9. The van der Waals surface area contributed by atoms with Gasteiger partial charge in [0, 0.05) is 0 Å². The molecule has 2 atom stereocenters. The molecule has 0 amide bonds. The Kier molecular flexibility index (Phi) is 23.2. The van der Waals surface area contributed by atoms with Crippen molar-refractivity contribution in [1.29, 1.82) is 0 Å². The van der Waals surface area contributed by atoms with Crippen molar-refractivity contribution in [1.82, 2.24) is 0 Å². The fourth-order valence-corrected chi connectivity index (χ4v) is 0.704. The van der Waals surface area contributed by atoms with Crippen molar-refractivity contribution in [3.05, 3.63) is 0 Å². The smallest absolute Gasteiger partial charge is 0.373 e. The van der Waals surface area contributed by atoms with E-state index in [2.05, 4.69) is 25.1 Å². The van der Waals surface area contributed by atoms with Crippen LogP contribution in [0.5, 0.6) is 0 Å². The first-order valence-corrected chi connectivity index (χ1v) is 9.57. The predicted octanol–water partition coefficient (Wildman–Crippen LogP) is 2.42. The summed E-state index contributed by atoms with van der Waals surface area (Å²) >= 11 is 0. The largest absolute Gasteiger partial charge is 0.478 e. The fourth-order valence-electron chi connectivity index (χ4n) is 0.704. The van der Waals surface area contributed by atoms with Crippen LogP contribution in [-0.2, 0) is 38.5 Å². The zero-order valence-electron chi connectivity index (χ0n) is 21.1. The lowest BCUT2D eigenvalue weighted by Gasteiger charge is -2.16. The van der Waals surface area contributed by atoms with Crippen LogP contribution in [-0.4, -0.2) is 74.3 Å². The minimum absolute atomic E-state index is 0.250. The summed E-state index contributed by atoms with van der Waals surface area (Å²) in [6.07, 6.45) is -1.48. The molecule has 0 aromatic carbocycles. The number of carboxylic acid groups (broad SMARTS) is 3. The van der Waals surface area contributed by atoms with Crippen LogP contribution in [0.15, 0.2) is 15.5 Å². The van der Waals surface area contributed by atoms with E-state index >= 15 is 0 Å². The molecule has 14 nitrogen and oxygen atoms in total. The summed E-state index contributed by atoms with van der Waals surface area (Å²) in [5.74, 6) is -3.04. The minimum atomic E-state index is -1.24. The maximum absolute atomic E-state index is 10.4. The molecule has 0 heterocycles. The zero-order chi connectivity index (χ0) is 28.1. The number of carbonyl (C=O) groups excluding carboxylic acids is 2. The predicted molar refractivity (Wildman–Crippen MR) is 121 cm³/mol. The van der Waals surface area contributed by atoms with Gasteiger partial charge in [0.1, 0.15) is 0 Å². The SMILES string of the molecule is CC(C)=NOC(C)(C)C(=O)O.CC(C)=NOC(C)C(=O)O.CC(C)=NOC(C)C(=O)O.O=C=O. The molecule has 0 bridgehead atoms. The van der Waals surface area contributed by atoms with Gasteiger partial charge < -0.3 is 29.8 Å². The maximum Gasteiger partial charge on any atom is 0.373 e. The fraction of sp³-hybridized carbons (Fsp3) is 0.650. The summed E-state index contributed by atoms with van der Waals surface area (Å²) < 4.78 is 0. The molecule has 0 rings (SSSR count). The molecule has 2 unspecified atom stereocenters. The third kappa shape index (κ3) is 30.4. The number of aliphatic carboxylic acids is 3. The van der Waals surface area contributed by atoms with Crippen LogP contribution in [0.2, 0.25) is 0 Å². The standard InChI is InChI=1S/C7H13NO3.2C6H11NO3.CO2/c1-5(2)8-11-7(3,4)6(9)10;2*1-4(2)7-10-5(3)6(8)9;2-1-3/h1-4H3,(H,9,10);2*5H,1-3H3,(H,8,9);. The second kappa shape index (κ2) is 21.1. The van der Waals surface area contributed by atoms with Crippen LogP contribution in [0.1, 0.15) is 69.2 Å². The molecule has 0 saturated heterocycles. The molecule has 196 valence electrons. The molecule has 14 heteroatoms. The second-order valence-electron chi connectivity index (χ2n) is 7.28. The molecule has 0 aromatic rings. The van der Waals surface area contributed by atoms with Gasteiger partial charge in [0.05, 0.1) is 17.1 Å². The Bertz CT molecular complexity index is 705. The summed E-state index contributed by atoms with van der Waals surface area (Å²) in [4.78, 5) is 60.8. The highest BCUT2D eigenvalue weighted by Crippen LogP contribution is 2.09. The van der Waals surface area contributed by atoms with E-state index < -0.39 is 35.7 Å². The molecule has 0 saturated carbocycles. The highest BCUT2D eigenvalue weighted by molar-refractivity contribution is 5.80. The van der Waals surface area contributed by atoms with Gasteiger partial charge in [-0.15, -0.1) is 0 Å². The summed E-state index contributed by atoms with van der Waals surface area (Å²) in [7, 11) is 0. The van der Waals surface area contributed by atoms with Crippen molar-refractivity contribution < 1.29 is 53.8 Å². The Morgan fingerprint density at radius 2 is 0.971 bits per heavy atom. The minimum Gasteiger partial charge on any atom is -0.478 e. The molecule has 0 radical (unpaired) electrons. The van der Waals surface area contributed by atoms with Crippen LogP contribution in [0.4, 0.5) is 0 Å². The number of hydrogen-bond donors (Lipinski definition) is 3. The number of oxime groups is 3. The van der Waals surface area contributed by atoms with Crippen LogP contribution >= 0.6 is 0 Å². The quantitative estimate of drug-likeness (QED) is 0.313. The second-order valence-corrected chi connectivity index (χ2v) is 7.28. The van der Waals surface area contributed by atoms with Crippen molar-refractivity contribution in [3.63, 3.8) is 0 Å². The van der Waals surface area contributed by atoms with Crippen LogP contribution in [0.3, 0.4) is 0 Å². The van der Waals surface area contributed by atoms with Gasteiger partial charge in [0.15, 0.2) is 0 Å². The summed E-state index contributed by atoms with van der Waals surface area (Å²) in [5.41, 5.74) is 0.859. The number of carbonyl (C=O) groups is 3. The lowest BCUT2D eigenvalue weighted by atomic mass is 10.1. The first-order chi connectivity index (χ1) is 15.3. The molecule has 0 aliphatic rings. The molecule has 0 spiro atoms. The van der Waals surface area contributed by atoms with E-state index in [1.165, 1.54) is 27.7 Å². The molecule has 0 aliphatic heterocycles. The van der Waals surface area contributed by atoms with Gasteiger partial charge >= 0.3 is 24.1 Å². The Morgan fingerprint density at radius 1 is 0.706 bits per heavy atom. The van der Waals surface area contributed by atoms with Gasteiger partial charge in [-0.2, -0.15) is 9.59 Å². The van der Waals surface area contributed by atoms with Gasteiger partial charge in [-0.3, -0.25) is 0 Å². The molecule has 34 heavy (non-hydrogen) atoms. The molecule has 0 aromatic heterocycles. The normalized spacial score (nSPS) is 10.6. The first kappa shape index (κ1) is 37.5. The molecule has 0 fully saturated rings. The maximum atomic E-state index is 10.4. The Labute approximate surface area is 198 Å². The van der Waals surface area contributed by atoms with Gasteiger partial charge in [-0.05, 0) is 69.2 Å². The van der Waals surface area contributed by atoms with Gasteiger partial charge in [0.25, 0.3) is 0 Å². The lowest BCUT2D eigenvalue weighted by molar-refractivity contribution is -0.191. The Balaban J connectivity index is -0.000000187. The summed E-state index contributed by atoms with van der Waals surface area (Å²) in [6, 6.07) is 0. The average Bonchev–Trinajstić information content (AvgIpc) is 2.69. The number of carboxylic acids is 3. The van der Waals surface area contributed by atoms with Crippen molar-refractivity contribution in [2.75, 3.05) is 0 Å². The number of nitrogens with zero attached hydrogens (tertiary/aromatic N) is 3. The van der Waals surface area contributed by atoms with E-state index in [-0.39, 0.29) is 6.15 Å². The van der Waals surface area contributed by atoms with Crippen molar-refractivity contribution in [2.45, 2.75) is 87.0 Å². The summed E-state index contributed by atoms with van der Waals surface area (Å²) in [5, 5.41) is 35.7. The van der Waals surface area contributed by atoms with Gasteiger partial charge in [-0.1, -0.05) is 15.5 Å². The van der Waals surface area contributed by atoms with E-state index in [0.717, 1.165) is 0 Å². The highest BCUT2D eigenvalue weighted by atomic mass is 16.7. The zero-order valence-corrected chi connectivity index (χ0v) is 21.1. The monoisotopic (exact) mass is 493 g/mol. The third-order valence-electron chi connectivity index (χ3n) is 2.45. The van der Waals surface area contributed by atoms with E-state index in [9.17, 15) is 14.4 Å². The molecule has 0 aliphatic carbocycles. The number of hydrogen-bond acceptors (Lipinski definition) is 11. The van der Waals surface area contributed by atoms with E-state index in [1.807, 2.05) is 0 Å². The van der Waals surface area contributed by atoms with E-state index in [1.54, 1.807) is 41.5 Å². The van der Waals surface area contributed by atoms with Crippen LogP contribution < -0.4 is 0 Å². The van der Waals surface area contributed by atoms with E-state index in [4.69, 9.17) is 29.7 Å². The molecule has 3 N–H and O–H groups in total. The Hall–Kier alpha value is -3.80. The van der Waals surface area contributed by atoms with Gasteiger partial charge in [0.2, 0.25) is 17.8 Å². The topological polar surface area (TPSA) is 211 Å². The molecular formula is C20H35N3O11. The molecular weight excluding hydrogens is 458 g/mol. The van der Waals surface area contributed by atoms with Crippen molar-refractivity contribution in [3.8, 4) is 0 Å². The van der Waals surface area contributed by atoms with Crippen LogP contribution in [0.25, 0.3) is 0 Å². The van der Waals surface area contributed by atoms with Crippen molar-refractivity contribution >= 4 is 41.2 Å². The summed E-state index contributed by atoms with van der Waals surface area (Å²) in [6.45, 7) is 16.1. The van der Waals surface area contributed by atoms with Crippen LogP contribution in [0, 0.1) is 0 Å².